The molecule has 92 valence electrons. The number of piperidine rings is 1. The summed E-state index contributed by atoms with van der Waals surface area (Å²) in [4.78, 5) is 11.7. The van der Waals surface area contributed by atoms with Crippen LogP contribution in [0.2, 0.25) is 0 Å². The number of hydrogen-bond acceptors (Lipinski definition) is 2. The molecule has 2 N–H and O–H groups in total. The topological polar surface area (TPSA) is 41.1 Å². The Morgan fingerprint density at radius 2 is 2.00 bits per heavy atom. The van der Waals surface area contributed by atoms with Crippen molar-refractivity contribution in [1.82, 2.24) is 10.6 Å². The van der Waals surface area contributed by atoms with E-state index in [1.165, 1.54) is 32.1 Å². The van der Waals surface area contributed by atoms with Gasteiger partial charge >= 0.3 is 0 Å². The van der Waals surface area contributed by atoms with Crippen LogP contribution < -0.4 is 10.6 Å². The van der Waals surface area contributed by atoms with Crippen LogP contribution in [-0.2, 0) is 4.79 Å². The van der Waals surface area contributed by atoms with E-state index in [9.17, 15) is 4.79 Å². The summed E-state index contributed by atoms with van der Waals surface area (Å²) in [5, 5.41) is 6.24. The molecule has 0 aromatic rings. The molecule has 1 aliphatic heterocycles. The predicted molar refractivity (Wildman–Crippen MR) is 65.2 cm³/mol. The van der Waals surface area contributed by atoms with Crippen LogP contribution >= 0.6 is 0 Å². The summed E-state index contributed by atoms with van der Waals surface area (Å²) in [6.07, 6.45) is 7.92. The van der Waals surface area contributed by atoms with E-state index in [0.29, 0.717) is 0 Å². The van der Waals surface area contributed by atoms with Gasteiger partial charge in [-0.15, -0.1) is 0 Å². The smallest absolute Gasteiger partial charge is 0.237 e. The minimum absolute atomic E-state index is 0.0675. The average Bonchev–Trinajstić information content (AvgIpc) is 3.11. The molecule has 2 fully saturated rings. The number of amides is 1. The van der Waals surface area contributed by atoms with Crippen molar-refractivity contribution >= 4 is 5.91 Å². The molecule has 0 spiro atoms. The van der Waals surface area contributed by atoms with Crippen molar-refractivity contribution in [3.05, 3.63) is 0 Å². The summed E-state index contributed by atoms with van der Waals surface area (Å²) in [7, 11) is 0. The number of hydrogen-bond donors (Lipinski definition) is 2. The Balaban J connectivity index is 1.71. The van der Waals surface area contributed by atoms with Crippen LogP contribution in [0.25, 0.3) is 0 Å². The highest BCUT2D eigenvalue weighted by atomic mass is 16.2. The molecule has 1 saturated carbocycles. The number of carbonyl (C=O) groups excluding carboxylic acids is 1. The molecule has 2 rings (SSSR count). The normalized spacial score (nSPS) is 30.1. The minimum Gasteiger partial charge on any atom is -0.355 e. The lowest BCUT2D eigenvalue weighted by Crippen LogP contribution is -2.48. The third-order valence-electron chi connectivity index (χ3n) is 3.86. The second-order valence-electron chi connectivity index (χ2n) is 5.31. The van der Waals surface area contributed by atoms with E-state index in [-0.39, 0.29) is 11.9 Å². The highest BCUT2D eigenvalue weighted by molar-refractivity contribution is 5.81. The summed E-state index contributed by atoms with van der Waals surface area (Å²) >= 11 is 0. The van der Waals surface area contributed by atoms with Gasteiger partial charge in [0.25, 0.3) is 0 Å². The van der Waals surface area contributed by atoms with E-state index in [1.807, 2.05) is 6.92 Å². The summed E-state index contributed by atoms with van der Waals surface area (Å²) in [6.45, 7) is 3.73. The molecule has 0 radical (unpaired) electrons. The highest BCUT2D eigenvalue weighted by Crippen LogP contribution is 2.36. The molecule has 16 heavy (non-hydrogen) atoms. The Hall–Kier alpha value is -0.570. The third kappa shape index (κ3) is 3.48. The first kappa shape index (κ1) is 11.9. The van der Waals surface area contributed by atoms with Crippen molar-refractivity contribution in [3.63, 3.8) is 0 Å². The number of rotatable bonds is 5. The fraction of sp³-hybridized carbons (Fsp3) is 0.923. The Morgan fingerprint density at radius 1 is 1.25 bits per heavy atom. The Bertz CT molecular complexity index is 238. The van der Waals surface area contributed by atoms with Crippen LogP contribution in [0.5, 0.6) is 0 Å². The molecular weight excluding hydrogens is 200 g/mol. The zero-order valence-electron chi connectivity index (χ0n) is 10.3. The van der Waals surface area contributed by atoms with Gasteiger partial charge in [-0.2, -0.15) is 0 Å². The van der Waals surface area contributed by atoms with Crippen LogP contribution in [0.15, 0.2) is 0 Å². The molecular formula is C13H24N2O. The van der Waals surface area contributed by atoms with Gasteiger partial charge in [0.05, 0.1) is 6.04 Å². The van der Waals surface area contributed by atoms with Gasteiger partial charge in [0.2, 0.25) is 5.91 Å². The number of carbonyl (C=O) groups is 1. The summed E-state index contributed by atoms with van der Waals surface area (Å²) in [6, 6.07) is 0.0675. The number of nitrogens with one attached hydrogen (secondary N) is 2. The van der Waals surface area contributed by atoms with Crippen LogP contribution in [-0.4, -0.2) is 25.0 Å². The van der Waals surface area contributed by atoms with Crippen LogP contribution in [0.3, 0.4) is 0 Å². The molecule has 2 unspecified atom stereocenters. The van der Waals surface area contributed by atoms with E-state index < -0.39 is 0 Å². The maximum absolute atomic E-state index is 11.7. The monoisotopic (exact) mass is 224 g/mol. The van der Waals surface area contributed by atoms with E-state index in [0.717, 1.165) is 31.3 Å². The van der Waals surface area contributed by atoms with Gasteiger partial charge in [-0.05, 0) is 38.1 Å². The van der Waals surface area contributed by atoms with E-state index >= 15 is 0 Å². The average molecular weight is 224 g/mol. The van der Waals surface area contributed by atoms with Crippen molar-refractivity contribution in [2.24, 2.45) is 11.8 Å². The molecule has 2 aliphatic rings. The van der Waals surface area contributed by atoms with Crippen molar-refractivity contribution in [2.75, 3.05) is 13.1 Å². The Labute approximate surface area is 98.4 Å². The lowest BCUT2D eigenvalue weighted by molar-refractivity contribution is -0.124. The summed E-state index contributed by atoms with van der Waals surface area (Å²) in [5.74, 6) is 1.99. The van der Waals surface area contributed by atoms with Gasteiger partial charge in [0, 0.05) is 6.54 Å². The van der Waals surface area contributed by atoms with Gasteiger partial charge < -0.3 is 10.6 Å². The lowest BCUT2D eigenvalue weighted by atomic mass is 9.87. The zero-order chi connectivity index (χ0) is 11.4. The standard InChI is InChI=1S/C13H24N2O/c1-2-14-13(16)12-9-11(7-8-15-12)6-5-10-3-4-10/h10-12,15H,2-9H2,1H3,(H,14,16). The second kappa shape index (κ2) is 5.67. The van der Waals surface area contributed by atoms with Crippen molar-refractivity contribution in [3.8, 4) is 0 Å². The molecule has 2 atom stereocenters. The van der Waals surface area contributed by atoms with Crippen LogP contribution in [0.1, 0.15) is 45.4 Å². The fourth-order valence-electron chi connectivity index (χ4n) is 2.63. The first-order valence-electron chi connectivity index (χ1n) is 6.80. The molecule has 3 nitrogen and oxygen atoms in total. The van der Waals surface area contributed by atoms with Crippen LogP contribution in [0.4, 0.5) is 0 Å². The molecule has 1 heterocycles. The lowest BCUT2D eigenvalue weighted by Gasteiger charge is -2.29. The summed E-state index contributed by atoms with van der Waals surface area (Å²) < 4.78 is 0. The van der Waals surface area contributed by atoms with Crippen molar-refractivity contribution < 1.29 is 4.79 Å². The second-order valence-corrected chi connectivity index (χ2v) is 5.31. The van der Waals surface area contributed by atoms with Gasteiger partial charge in [0.15, 0.2) is 0 Å². The van der Waals surface area contributed by atoms with E-state index in [4.69, 9.17) is 0 Å². The molecule has 1 amide bonds. The van der Waals surface area contributed by atoms with Crippen LogP contribution in [0, 0.1) is 11.8 Å². The largest absolute Gasteiger partial charge is 0.355 e. The zero-order valence-corrected chi connectivity index (χ0v) is 10.3. The molecule has 0 aromatic heterocycles. The summed E-state index contributed by atoms with van der Waals surface area (Å²) in [5.41, 5.74) is 0. The number of likely N-dealkylation sites (N-methyl/N-ethyl adjacent to an activating group) is 1. The third-order valence-corrected chi connectivity index (χ3v) is 3.86. The molecule has 1 aliphatic carbocycles. The highest BCUT2D eigenvalue weighted by Gasteiger charge is 2.28. The van der Waals surface area contributed by atoms with Gasteiger partial charge in [-0.1, -0.05) is 25.7 Å². The van der Waals surface area contributed by atoms with Gasteiger partial charge in [-0.25, -0.2) is 0 Å². The Morgan fingerprint density at radius 3 is 2.69 bits per heavy atom. The van der Waals surface area contributed by atoms with Gasteiger partial charge in [-0.3, -0.25) is 4.79 Å². The van der Waals surface area contributed by atoms with E-state index in [1.54, 1.807) is 0 Å². The van der Waals surface area contributed by atoms with Gasteiger partial charge in [0.1, 0.15) is 0 Å². The van der Waals surface area contributed by atoms with E-state index in [2.05, 4.69) is 10.6 Å². The fourth-order valence-corrected chi connectivity index (χ4v) is 2.63. The molecule has 1 saturated heterocycles. The molecule has 0 aromatic carbocycles. The Kier molecular flexibility index (Phi) is 4.22. The molecule has 3 heteroatoms. The van der Waals surface area contributed by atoms with Crippen molar-refractivity contribution in [2.45, 2.75) is 51.5 Å². The maximum atomic E-state index is 11.7. The first-order valence-corrected chi connectivity index (χ1v) is 6.80. The maximum Gasteiger partial charge on any atom is 0.237 e. The quantitative estimate of drug-likeness (QED) is 0.746. The minimum atomic E-state index is 0.0675. The first-order chi connectivity index (χ1) is 7.79. The molecule has 0 bridgehead atoms. The van der Waals surface area contributed by atoms with Crippen molar-refractivity contribution in [1.29, 1.82) is 0 Å². The predicted octanol–water partition coefficient (Wildman–Crippen LogP) is 1.68. The SMILES string of the molecule is CCNC(=O)C1CC(CCC2CC2)CCN1.